The SMILES string of the molecule is CCC(CO)(CO)NC(=O)c1ncc(C(C)(C)C)o1. The third-order valence-electron chi connectivity index (χ3n) is 3.10. The van der Waals surface area contributed by atoms with Crippen LogP contribution in [0.3, 0.4) is 0 Å². The van der Waals surface area contributed by atoms with E-state index in [-0.39, 0.29) is 24.5 Å². The number of nitrogens with zero attached hydrogens (tertiary/aromatic N) is 1. The Kier molecular flexibility index (Phi) is 4.70. The molecule has 0 saturated heterocycles. The maximum Gasteiger partial charge on any atom is 0.307 e. The lowest BCUT2D eigenvalue weighted by molar-refractivity contribution is 0.0624. The number of oxazole rings is 1. The van der Waals surface area contributed by atoms with Crippen molar-refractivity contribution in [2.75, 3.05) is 13.2 Å². The van der Waals surface area contributed by atoms with E-state index in [2.05, 4.69) is 10.3 Å². The predicted molar refractivity (Wildman–Crippen MR) is 69.9 cm³/mol. The molecule has 0 bridgehead atoms. The Bertz CT molecular complexity index is 422. The smallest absolute Gasteiger partial charge is 0.307 e. The fourth-order valence-electron chi connectivity index (χ4n) is 1.46. The van der Waals surface area contributed by atoms with Crippen LogP contribution in [-0.2, 0) is 5.41 Å². The molecule has 0 saturated carbocycles. The third-order valence-corrected chi connectivity index (χ3v) is 3.10. The molecule has 1 heterocycles. The maximum absolute atomic E-state index is 12.0. The van der Waals surface area contributed by atoms with E-state index in [1.54, 1.807) is 6.92 Å². The van der Waals surface area contributed by atoms with Crippen LogP contribution in [0.25, 0.3) is 0 Å². The highest BCUT2D eigenvalue weighted by molar-refractivity contribution is 5.90. The van der Waals surface area contributed by atoms with Crippen molar-refractivity contribution in [3.63, 3.8) is 0 Å². The highest BCUT2D eigenvalue weighted by atomic mass is 16.4. The Morgan fingerprint density at radius 2 is 1.95 bits per heavy atom. The van der Waals surface area contributed by atoms with Gasteiger partial charge in [-0.2, -0.15) is 0 Å². The van der Waals surface area contributed by atoms with Crippen molar-refractivity contribution in [2.45, 2.75) is 45.1 Å². The Hall–Kier alpha value is -1.40. The summed E-state index contributed by atoms with van der Waals surface area (Å²) in [6, 6.07) is 0. The molecule has 0 unspecified atom stereocenters. The van der Waals surface area contributed by atoms with E-state index >= 15 is 0 Å². The third kappa shape index (κ3) is 3.54. The van der Waals surface area contributed by atoms with Crippen LogP contribution in [0.1, 0.15) is 50.6 Å². The quantitative estimate of drug-likeness (QED) is 0.736. The van der Waals surface area contributed by atoms with Crippen LogP contribution in [0.2, 0.25) is 0 Å². The first-order valence-electron chi connectivity index (χ1n) is 6.28. The van der Waals surface area contributed by atoms with Gasteiger partial charge in [-0.1, -0.05) is 27.7 Å². The van der Waals surface area contributed by atoms with Crippen molar-refractivity contribution in [3.8, 4) is 0 Å². The summed E-state index contributed by atoms with van der Waals surface area (Å²) in [5.41, 5.74) is -1.28. The van der Waals surface area contributed by atoms with Gasteiger partial charge in [0.25, 0.3) is 5.89 Å². The zero-order valence-electron chi connectivity index (χ0n) is 11.9. The number of carbonyl (C=O) groups is 1. The van der Waals surface area contributed by atoms with Gasteiger partial charge in [-0.25, -0.2) is 4.98 Å². The number of aliphatic hydroxyl groups excluding tert-OH is 2. The molecule has 108 valence electrons. The lowest BCUT2D eigenvalue weighted by Crippen LogP contribution is -2.53. The first kappa shape index (κ1) is 15.7. The summed E-state index contributed by atoms with van der Waals surface area (Å²) < 4.78 is 5.40. The first-order chi connectivity index (χ1) is 8.78. The molecule has 0 radical (unpaired) electrons. The molecule has 0 spiro atoms. The average Bonchev–Trinajstić information content (AvgIpc) is 2.85. The zero-order valence-corrected chi connectivity index (χ0v) is 11.9. The summed E-state index contributed by atoms with van der Waals surface area (Å²) in [5, 5.41) is 21.1. The monoisotopic (exact) mass is 270 g/mol. The first-order valence-corrected chi connectivity index (χ1v) is 6.28. The summed E-state index contributed by atoms with van der Waals surface area (Å²) in [5.74, 6) is -0.00199. The molecule has 6 heteroatoms. The molecule has 0 aliphatic heterocycles. The van der Waals surface area contributed by atoms with Gasteiger partial charge in [0, 0.05) is 5.41 Å². The second kappa shape index (κ2) is 5.71. The summed E-state index contributed by atoms with van der Waals surface area (Å²) in [6.07, 6.45) is 1.92. The standard InChI is InChI=1S/C13H22N2O4/c1-5-13(7-16,8-17)15-10(18)11-14-6-9(19-11)12(2,3)4/h6,16-17H,5,7-8H2,1-4H3,(H,15,18). The minimum atomic E-state index is -1.05. The fraction of sp³-hybridized carbons (Fsp3) is 0.692. The minimum absolute atomic E-state index is 0.0651. The van der Waals surface area contributed by atoms with Crippen molar-refractivity contribution in [1.29, 1.82) is 0 Å². The van der Waals surface area contributed by atoms with E-state index in [0.717, 1.165) is 0 Å². The molecular weight excluding hydrogens is 248 g/mol. The van der Waals surface area contributed by atoms with Gasteiger partial charge in [-0.05, 0) is 6.42 Å². The lowest BCUT2D eigenvalue weighted by atomic mass is 9.94. The molecule has 0 aliphatic carbocycles. The second-order valence-electron chi connectivity index (χ2n) is 5.68. The van der Waals surface area contributed by atoms with Gasteiger partial charge in [-0.3, -0.25) is 4.79 Å². The number of aliphatic hydroxyl groups is 2. The van der Waals surface area contributed by atoms with E-state index in [0.29, 0.717) is 12.2 Å². The largest absolute Gasteiger partial charge is 0.437 e. The number of hydrogen-bond acceptors (Lipinski definition) is 5. The van der Waals surface area contributed by atoms with Crippen molar-refractivity contribution in [2.24, 2.45) is 0 Å². The van der Waals surface area contributed by atoms with Crippen molar-refractivity contribution in [3.05, 3.63) is 17.8 Å². The Labute approximate surface area is 112 Å². The number of amides is 1. The molecule has 0 aliphatic rings. The van der Waals surface area contributed by atoms with Crippen LogP contribution >= 0.6 is 0 Å². The van der Waals surface area contributed by atoms with Crippen LogP contribution < -0.4 is 5.32 Å². The number of rotatable bonds is 5. The lowest BCUT2D eigenvalue weighted by Gasteiger charge is -2.28. The maximum atomic E-state index is 12.0. The minimum Gasteiger partial charge on any atom is -0.437 e. The Morgan fingerprint density at radius 3 is 2.32 bits per heavy atom. The number of carbonyl (C=O) groups excluding carboxylic acids is 1. The van der Waals surface area contributed by atoms with Crippen LogP contribution in [-0.4, -0.2) is 39.9 Å². The molecule has 0 fully saturated rings. The van der Waals surface area contributed by atoms with Gasteiger partial charge in [0.05, 0.1) is 24.9 Å². The fourth-order valence-corrected chi connectivity index (χ4v) is 1.46. The van der Waals surface area contributed by atoms with Gasteiger partial charge in [0.1, 0.15) is 5.76 Å². The number of hydrogen-bond donors (Lipinski definition) is 3. The molecule has 1 aromatic heterocycles. The molecular formula is C13H22N2O4. The van der Waals surface area contributed by atoms with Crippen molar-refractivity contribution in [1.82, 2.24) is 10.3 Å². The zero-order chi connectivity index (χ0) is 14.7. The average molecular weight is 270 g/mol. The number of aromatic nitrogens is 1. The molecule has 19 heavy (non-hydrogen) atoms. The summed E-state index contributed by atoms with van der Waals surface area (Å²) in [4.78, 5) is 15.9. The van der Waals surface area contributed by atoms with Gasteiger partial charge in [0.2, 0.25) is 0 Å². The molecule has 1 rings (SSSR count). The van der Waals surface area contributed by atoms with E-state index < -0.39 is 11.4 Å². The molecule has 1 amide bonds. The highest BCUT2D eigenvalue weighted by Crippen LogP contribution is 2.22. The van der Waals surface area contributed by atoms with E-state index in [9.17, 15) is 15.0 Å². The van der Waals surface area contributed by atoms with E-state index in [1.807, 2.05) is 20.8 Å². The molecule has 3 N–H and O–H groups in total. The summed E-state index contributed by atoms with van der Waals surface area (Å²) in [7, 11) is 0. The van der Waals surface area contributed by atoms with Gasteiger partial charge in [-0.15, -0.1) is 0 Å². The molecule has 0 atom stereocenters. The van der Waals surface area contributed by atoms with Crippen molar-refractivity contribution < 1.29 is 19.4 Å². The van der Waals surface area contributed by atoms with Crippen LogP contribution in [0, 0.1) is 0 Å². The normalized spacial score (nSPS) is 12.5. The Balaban J connectivity index is 2.87. The summed E-state index contributed by atoms with van der Waals surface area (Å²) >= 11 is 0. The molecule has 0 aromatic carbocycles. The van der Waals surface area contributed by atoms with Gasteiger partial charge >= 0.3 is 5.91 Å². The van der Waals surface area contributed by atoms with E-state index in [4.69, 9.17) is 4.42 Å². The predicted octanol–water partition coefficient (Wildman–Crippen LogP) is 0.835. The van der Waals surface area contributed by atoms with E-state index in [1.165, 1.54) is 6.20 Å². The highest BCUT2D eigenvalue weighted by Gasteiger charge is 2.31. The van der Waals surface area contributed by atoms with Crippen molar-refractivity contribution >= 4 is 5.91 Å². The second-order valence-corrected chi connectivity index (χ2v) is 5.68. The summed E-state index contributed by atoms with van der Waals surface area (Å²) in [6.45, 7) is 6.92. The molecule has 6 nitrogen and oxygen atoms in total. The van der Waals surface area contributed by atoms with Crippen LogP contribution in [0.5, 0.6) is 0 Å². The van der Waals surface area contributed by atoms with Gasteiger partial charge < -0.3 is 19.9 Å². The molecule has 1 aromatic rings. The topological polar surface area (TPSA) is 95.6 Å². The number of nitrogens with one attached hydrogen (secondary N) is 1. The Morgan fingerprint density at radius 1 is 1.37 bits per heavy atom. The van der Waals surface area contributed by atoms with Gasteiger partial charge in [0.15, 0.2) is 0 Å². The van der Waals surface area contributed by atoms with Crippen LogP contribution in [0.15, 0.2) is 10.6 Å². The van der Waals surface area contributed by atoms with Crippen LogP contribution in [0.4, 0.5) is 0 Å².